The summed E-state index contributed by atoms with van der Waals surface area (Å²) in [6.45, 7) is 2.35. The number of nitro benzene ring substituents is 1. The topological polar surface area (TPSA) is 76.2 Å². The highest BCUT2D eigenvalue weighted by atomic mass is 35.5. The molecule has 0 atom stereocenters. The van der Waals surface area contributed by atoms with Gasteiger partial charge in [-0.3, -0.25) is 10.1 Å². The van der Waals surface area contributed by atoms with Crippen molar-refractivity contribution in [2.75, 3.05) is 6.61 Å². The summed E-state index contributed by atoms with van der Waals surface area (Å²) >= 11 is 6.00. The fourth-order valence-electron chi connectivity index (χ4n) is 2.02. The number of benzene rings is 2. The second-order valence-corrected chi connectivity index (χ2v) is 5.03. The summed E-state index contributed by atoms with van der Waals surface area (Å²) in [6.07, 6.45) is 1.65. The van der Waals surface area contributed by atoms with E-state index in [1.54, 1.807) is 24.3 Å². The van der Waals surface area contributed by atoms with Crippen molar-refractivity contribution in [2.45, 2.75) is 6.92 Å². The van der Waals surface area contributed by atoms with Crippen LogP contribution in [0.5, 0.6) is 5.75 Å². The first kappa shape index (κ1) is 16.5. The van der Waals surface area contributed by atoms with Gasteiger partial charge in [0.15, 0.2) is 0 Å². The molecule has 0 fully saturated rings. The van der Waals surface area contributed by atoms with Gasteiger partial charge < -0.3 is 4.74 Å². The van der Waals surface area contributed by atoms with E-state index in [0.717, 1.165) is 0 Å². The van der Waals surface area contributed by atoms with Gasteiger partial charge in [-0.25, -0.2) is 0 Å². The number of nitrogens with zero attached hydrogens (tertiary/aromatic N) is 2. The van der Waals surface area contributed by atoms with Crippen LogP contribution < -0.4 is 4.74 Å². The number of hydrogen-bond acceptors (Lipinski definition) is 4. The zero-order valence-corrected chi connectivity index (χ0v) is 13.1. The molecule has 2 aromatic rings. The number of allylic oxidation sites excluding steroid dienone is 1. The van der Waals surface area contributed by atoms with Crippen LogP contribution in [-0.2, 0) is 0 Å². The number of nitriles is 1. The Morgan fingerprint density at radius 1 is 1.35 bits per heavy atom. The van der Waals surface area contributed by atoms with E-state index in [4.69, 9.17) is 16.3 Å². The normalized spacial score (nSPS) is 10.9. The molecule has 0 unspecified atom stereocenters. The Balaban J connectivity index is 2.45. The third-order valence-corrected chi connectivity index (χ3v) is 3.32. The molecule has 0 saturated heterocycles. The van der Waals surface area contributed by atoms with Crippen LogP contribution in [0.3, 0.4) is 0 Å². The molecule has 0 aromatic heterocycles. The summed E-state index contributed by atoms with van der Waals surface area (Å²) in [5.74, 6) is 0.617. The first-order chi connectivity index (χ1) is 11.0. The zero-order chi connectivity index (χ0) is 16.8. The molecular weight excluding hydrogens is 316 g/mol. The van der Waals surface area contributed by atoms with Gasteiger partial charge in [0.05, 0.1) is 23.2 Å². The SMILES string of the molecule is CCOc1ccc(Cl)cc1/C=C(\C#N)c1ccc([N+](=O)[O-])cc1. The van der Waals surface area contributed by atoms with E-state index >= 15 is 0 Å². The number of hydrogen-bond donors (Lipinski definition) is 0. The van der Waals surface area contributed by atoms with Crippen molar-refractivity contribution in [3.05, 3.63) is 68.7 Å². The number of non-ortho nitro benzene ring substituents is 1. The maximum atomic E-state index is 10.7. The van der Waals surface area contributed by atoms with Crippen LogP contribution in [0.15, 0.2) is 42.5 Å². The van der Waals surface area contributed by atoms with Crippen LogP contribution in [-0.4, -0.2) is 11.5 Å². The molecule has 116 valence electrons. The molecule has 0 heterocycles. The van der Waals surface area contributed by atoms with Gasteiger partial charge >= 0.3 is 0 Å². The van der Waals surface area contributed by atoms with Gasteiger partial charge in [0.1, 0.15) is 5.75 Å². The summed E-state index contributed by atoms with van der Waals surface area (Å²) in [7, 11) is 0. The largest absolute Gasteiger partial charge is 0.493 e. The van der Waals surface area contributed by atoms with Crippen molar-refractivity contribution in [3.63, 3.8) is 0 Å². The van der Waals surface area contributed by atoms with Crippen molar-refractivity contribution in [2.24, 2.45) is 0 Å². The lowest BCUT2D eigenvalue weighted by Gasteiger charge is -2.08. The molecule has 0 bridgehead atoms. The van der Waals surface area contributed by atoms with Crippen molar-refractivity contribution in [1.82, 2.24) is 0 Å². The Hall–Kier alpha value is -2.84. The lowest BCUT2D eigenvalue weighted by Crippen LogP contribution is -1.94. The molecule has 0 aliphatic heterocycles. The quantitative estimate of drug-likeness (QED) is 0.344. The molecule has 5 nitrogen and oxygen atoms in total. The van der Waals surface area contributed by atoms with Gasteiger partial charge in [0, 0.05) is 22.7 Å². The van der Waals surface area contributed by atoms with Gasteiger partial charge in [-0.15, -0.1) is 0 Å². The number of halogens is 1. The van der Waals surface area contributed by atoms with E-state index < -0.39 is 4.92 Å². The lowest BCUT2D eigenvalue weighted by atomic mass is 10.0. The monoisotopic (exact) mass is 328 g/mol. The highest BCUT2D eigenvalue weighted by molar-refractivity contribution is 6.30. The molecule has 0 saturated carbocycles. The minimum Gasteiger partial charge on any atom is -0.493 e. The number of nitro groups is 1. The smallest absolute Gasteiger partial charge is 0.269 e. The van der Waals surface area contributed by atoms with Gasteiger partial charge in [-0.2, -0.15) is 5.26 Å². The van der Waals surface area contributed by atoms with Crippen LogP contribution in [0.25, 0.3) is 11.6 Å². The van der Waals surface area contributed by atoms with Gasteiger partial charge in [-0.05, 0) is 48.9 Å². The Morgan fingerprint density at radius 3 is 2.61 bits per heavy atom. The predicted molar refractivity (Wildman–Crippen MR) is 89.2 cm³/mol. The summed E-state index contributed by atoms with van der Waals surface area (Å²) in [6, 6.07) is 13.1. The molecule has 0 spiro atoms. The molecule has 0 radical (unpaired) electrons. The average Bonchev–Trinajstić information content (AvgIpc) is 2.55. The second kappa shape index (κ2) is 7.43. The molecule has 2 aromatic carbocycles. The Kier molecular flexibility index (Phi) is 5.34. The van der Waals surface area contributed by atoms with Gasteiger partial charge in [0.2, 0.25) is 0 Å². The Labute approximate surface area is 138 Å². The van der Waals surface area contributed by atoms with E-state index in [1.165, 1.54) is 24.3 Å². The fraction of sp³-hybridized carbons (Fsp3) is 0.118. The van der Waals surface area contributed by atoms with E-state index in [-0.39, 0.29) is 5.69 Å². The molecule has 0 amide bonds. The molecular formula is C17H13ClN2O3. The molecule has 2 rings (SSSR count). The van der Waals surface area contributed by atoms with E-state index in [0.29, 0.717) is 34.1 Å². The average molecular weight is 329 g/mol. The molecule has 6 heteroatoms. The number of ether oxygens (including phenoxy) is 1. The minimum atomic E-state index is -0.482. The summed E-state index contributed by atoms with van der Waals surface area (Å²) in [5, 5.41) is 20.6. The molecule has 0 aliphatic rings. The highest BCUT2D eigenvalue weighted by Crippen LogP contribution is 2.28. The predicted octanol–water partition coefficient (Wildman–Crippen LogP) is 4.71. The van der Waals surface area contributed by atoms with Crippen LogP contribution >= 0.6 is 11.6 Å². The first-order valence-corrected chi connectivity index (χ1v) is 7.22. The van der Waals surface area contributed by atoms with E-state index in [2.05, 4.69) is 6.07 Å². The summed E-state index contributed by atoms with van der Waals surface area (Å²) in [5.41, 5.74) is 1.60. The van der Waals surface area contributed by atoms with E-state index in [9.17, 15) is 15.4 Å². The Morgan fingerprint density at radius 2 is 2.04 bits per heavy atom. The van der Waals surface area contributed by atoms with Crippen molar-refractivity contribution in [3.8, 4) is 11.8 Å². The maximum Gasteiger partial charge on any atom is 0.269 e. The lowest BCUT2D eigenvalue weighted by molar-refractivity contribution is -0.384. The number of rotatable bonds is 5. The summed E-state index contributed by atoms with van der Waals surface area (Å²) < 4.78 is 5.52. The molecule has 0 N–H and O–H groups in total. The highest BCUT2D eigenvalue weighted by Gasteiger charge is 2.09. The third-order valence-electron chi connectivity index (χ3n) is 3.08. The van der Waals surface area contributed by atoms with Crippen LogP contribution in [0.4, 0.5) is 5.69 Å². The third kappa shape index (κ3) is 4.09. The fourth-order valence-corrected chi connectivity index (χ4v) is 2.20. The van der Waals surface area contributed by atoms with Crippen molar-refractivity contribution < 1.29 is 9.66 Å². The van der Waals surface area contributed by atoms with Crippen molar-refractivity contribution >= 4 is 28.9 Å². The Bertz CT molecular complexity index is 792. The van der Waals surface area contributed by atoms with E-state index in [1.807, 2.05) is 6.92 Å². The first-order valence-electron chi connectivity index (χ1n) is 6.84. The molecule has 23 heavy (non-hydrogen) atoms. The maximum absolute atomic E-state index is 10.7. The van der Waals surface area contributed by atoms with Crippen LogP contribution in [0.1, 0.15) is 18.1 Å². The second-order valence-electron chi connectivity index (χ2n) is 4.59. The van der Waals surface area contributed by atoms with Gasteiger partial charge in [0.25, 0.3) is 5.69 Å². The standard InChI is InChI=1S/C17H13ClN2O3/c1-2-23-17-8-5-15(18)10-13(17)9-14(11-19)12-3-6-16(7-4-12)20(21)22/h3-10H,2H2,1H3/b14-9+. The van der Waals surface area contributed by atoms with Gasteiger partial charge in [-0.1, -0.05) is 11.6 Å². The summed E-state index contributed by atoms with van der Waals surface area (Å²) in [4.78, 5) is 10.2. The van der Waals surface area contributed by atoms with Crippen LogP contribution in [0, 0.1) is 21.4 Å². The molecule has 0 aliphatic carbocycles. The zero-order valence-electron chi connectivity index (χ0n) is 12.3. The van der Waals surface area contributed by atoms with Crippen molar-refractivity contribution in [1.29, 1.82) is 5.26 Å². The van der Waals surface area contributed by atoms with Crippen LogP contribution in [0.2, 0.25) is 5.02 Å². The minimum absolute atomic E-state index is 0.0243.